The van der Waals surface area contributed by atoms with E-state index in [0.717, 1.165) is 39.7 Å². The molecule has 30 heavy (non-hydrogen) atoms. The number of rotatable bonds is 8. The van der Waals surface area contributed by atoms with Crippen molar-refractivity contribution in [2.75, 3.05) is 13.7 Å². The molecule has 0 saturated heterocycles. The second-order valence-corrected chi connectivity index (χ2v) is 7.77. The van der Waals surface area contributed by atoms with Crippen LogP contribution < -0.4 is 14.8 Å². The molecule has 0 spiro atoms. The van der Waals surface area contributed by atoms with Crippen molar-refractivity contribution in [2.24, 2.45) is 0 Å². The molecule has 4 aromatic rings. The van der Waals surface area contributed by atoms with Gasteiger partial charge in [0.25, 0.3) is 0 Å². The third-order valence-electron chi connectivity index (χ3n) is 4.73. The molecule has 0 aliphatic carbocycles. The number of aromatic nitrogens is 2. The summed E-state index contributed by atoms with van der Waals surface area (Å²) in [5, 5.41) is 4.55. The summed E-state index contributed by atoms with van der Waals surface area (Å²) in [6, 6.07) is 20.1. The molecule has 0 bridgehead atoms. The fourth-order valence-corrected chi connectivity index (χ4v) is 3.41. The predicted octanol–water partition coefficient (Wildman–Crippen LogP) is 5.53. The van der Waals surface area contributed by atoms with Crippen molar-refractivity contribution in [1.29, 1.82) is 0 Å². The van der Waals surface area contributed by atoms with Crippen molar-refractivity contribution in [1.82, 2.24) is 15.3 Å². The molecule has 2 heterocycles. The molecular weight excluding hydrogens is 442 g/mol. The van der Waals surface area contributed by atoms with Gasteiger partial charge in [0.1, 0.15) is 11.5 Å². The summed E-state index contributed by atoms with van der Waals surface area (Å²) in [6.45, 7) is 1.51. The first kappa shape index (κ1) is 20.3. The summed E-state index contributed by atoms with van der Waals surface area (Å²) in [6.07, 6.45) is 4.35. The van der Waals surface area contributed by atoms with Crippen LogP contribution in [0, 0.1) is 0 Å². The number of ether oxygens (including phenoxy) is 2. The van der Waals surface area contributed by atoms with E-state index in [1.54, 1.807) is 19.5 Å². The van der Waals surface area contributed by atoms with E-state index in [4.69, 9.17) is 14.5 Å². The second kappa shape index (κ2) is 9.69. The smallest absolute Gasteiger partial charge is 0.224 e. The van der Waals surface area contributed by atoms with Gasteiger partial charge in [-0.25, -0.2) is 4.98 Å². The van der Waals surface area contributed by atoms with E-state index in [1.807, 2.05) is 30.3 Å². The molecule has 2 aromatic heterocycles. The molecule has 0 aliphatic heterocycles. The van der Waals surface area contributed by atoms with Crippen LogP contribution in [0.4, 0.5) is 0 Å². The molecule has 0 atom stereocenters. The zero-order chi connectivity index (χ0) is 20.8. The third kappa shape index (κ3) is 5.14. The van der Waals surface area contributed by atoms with Crippen molar-refractivity contribution < 1.29 is 9.47 Å². The molecule has 0 amide bonds. The molecule has 152 valence electrons. The SMILES string of the molecule is COc1ccc2cc(CNCCc3ccc(Br)cc3)c(Oc3cccnc3)nc2c1. The fourth-order valence-electron chi connectivity index (χ4n) is 3.14. The summed E-state index contributed by atoms with van der Waals surface area (Å²) in [5.74, 6) is 1.99. The quantitative estimate of drug-likeness (QED) is 0.348. The number of hydrogen-bond donors (Lipinski definition) is 1. The van der Waals surface area contributed by atoms with Crippen molar-refractivity contribution in [3.8, 4) is 17.4 Å². The van der Waals surface area contributed by atoms with Gasteiger partial charge in [0, 0.05) is 34.2 Å². The standard InChI is InChI=1S/C24H22BrN3O2/c1-29-21-9-6-18-13-19(15-27-12-10-17-4-7-20(25)8-5-17)24(28-23(18)14-21)30-22-3-2-11-26-16-22/h2-9,11,13-14,16,27H,10,12,15H2,1H3. The molecule has 0 fully saturated rings. The maximum atomic E-state index is 6.06. The number of pyridine rings is 2. The topological polar surface area (TPSA) is 56.3 Å². The second-order valence-electron chi connectivity index (χ2n) is 6.86. The normalized spacial score (nSPS) is 10.9. The highest BCUT2D eigenvalue weighted by atomic mass is 79.9. The summed E-state index contributed by atoms with van der Waals surface area (Å²) in [5.41, 5.74) is 3.11. The van der Waals surface area contributed by atoms with Gasteiger partial charge >= 0.3 is 0 Å². The minimum Gasteiger partial charge on any atom is -0.497 e. The average Bonchev–Trinajstić information content (AvgIpc) is 2.78. The summed E-state index contributed by atoms with van der Waals surface area (Å²) in [4.78, 5) is 8.87. The van der Waals surface area contributed by atoms with E-state index in [9.17, 15) is 0 Å². The Kier molecular flexibility index (Phi) is 6.57. The Morgan fingerprint density at radius 2 is 1.87 bits per heavy atom. The lowest BCUT2D eigenvalue weighted by atomic mass is 10.1. The monoisotopic (exact) mass is 463 g/mol. The Balaban J connectivity index is 1.53. The van der Waals surface area contributed by atoms with E-state index >= 15 is 0 Å². The fraction of sp³-hybridized carbons (Fsp3) is 0.167. The van der Waals surface area contributed by atoms with Crippen LogP contribution in [-0.4, -0.2) is 23.6 Å². The van der Waals surface area contributed by atoms with Crippen molar-refractivity contribution >= 4 is 26.8 Å². The van der Waals surface area contributed by atoms with Crippen LogP contribution in [-0.2, 0) is 13.0 Å². The van der Waals surface area contributed by atoms with Crippen LogP contribution in [0.25, 0.3) is 10.9 Å². The highest BCUT2D eigenvalue weighted by molar-refractivity contribution is 9.10. The lowest BCUT2D eigenvalue weighted by Crippen LogP contribution is -2.17. The average molecular weight is 464 g/mol. The van der Waals surface area contributed by atoms with Crippen LogP contribution in [0.5, 0.6) is 17.4 Å². The van der Waals surface area contributed by atoms with Gasteiger partial charge in [0.2, 0.25) is 5.88 Å². The Morgan fingerprint density at radius 3 is 2.63 bits per heavy atom. The van der Waals surface area contributed by atoms with E-state index < -0.39 is 0 Å². The number of fused-ring (bicyclic) bond motifs is 1. The molecule has 1 N–H and O–H groups in total. The van der Waals surface area contributed by atoms with Gasteiger partial charge in [0.05, 0.1) is 18.8 Å². The van der Waals surface area contributed by atoms with E-state index in [1.165, 1.54) is 5.56 Å². The number of nitrogens with zero attached hydrogens (tertiary/aromatic N) is 2. The lowest BCUT2D eigenvalue weighted by molar-refractivity contribution is 0.415. The van der Waals surface area contributed by atoms with Gasteiger partial charge < -0.3 is 14.8 Å². The van der Waals surface area contributed by atoms with Crippen molar-refractivity contribution in [3.63, 3.8) is 0 Å². The van der Waals surface area contributed by atoms with Gasteiger partial charge in [0.15, 0.2) is 0 Å². The Hall–Kier alpha value is -2.96. The van der Waals surface area contributed by atoms with Gasteiger partial charge in [-0.3, -0.25) is 4.98 Å². The van der Waals surface area contributed by atoms with Crippen LogP contribution in [0.15, 0.2) is 77.5 Å². The molecule has 2 aromatic carbocycles. The maximum Gasteiger partial charge on any atom is 0.224 e. The molecule has 6 heteroatoms. The number of halogens is 1. The minimum atomic E-state index is 0.569. The predicted molar refractivity (Wildman–Crippen MR) is 122 cm³/mol. The van der Waals surface area contributed by atoms with Gasteiger partial charge in [-0.15, -0.1) is 0 Å². The van der Waals surface area contributed by atoms with Gasteiger partial charge in [-0.2, -0.15) is 0 Å². The first-order valence-electron chi connectivity index (χ1n) is 9.72. The minimum absolute atomic E-state index is 0.569. The number of nitrogens with one attached hydrogen (secondary N) is 1. The Morgan fingerprint density at radius 1 is 1.00 bits per heavy atom. The molecule has 0 unspecified atom stereocenters. The van der Waals surface area contributed by atoms with Gasteiger partial charge in [-0.1, -0.05) is 28.1 Å². The Labute approximate surface area is 184 Å². The van der Waals surface area contributed by atoms with Crippen molar-refractivity contribution in [2.45, 2.75) is 13.0 Å². The number of benzene rings is 2. The number of hydrogen-bond acceptors (Lipinski definition) is 5. The molecular formula is C24H22BrN3O2. The van der Waals surface area contributed by atoms with Crippen LogP contribution in [0.3, 0.4) is 0 Å². The van der Waals surface area contributed by atoms with E-state index in [-0.39, 0.29) is 0 Å². The highest BCUT2D eigenvalue weighted by Gasteiger charge is 2.11. The molecule has 0 radical (unpaired) electrons. The van der Waals surface area contributed by atoms with E-state index in [2.05, 4.69) is 56.6 Å². The van der Waals surface area contributed by atoms with Crippen LogP contribution >= 0.6 is 15.9 Å². The van der Waals surface area contributed by atoms with E-state index in [0.29, 0.717) is 18.2 Å². The largest absolute Gasteiger partial charge is 0.497 e. The zero-order valence-electron chi connectivity index (χ0n) is 16.6. The molecule has 4 rings (SSSR count). The maximum absolute atomic E-state index is 6.06. The first-order valence-corrected chi connectivity index (χ1v) is 10.5. The lowest BCUT2D eigenvalue weighted by Gasteiger charge is -2.13. The summed E-state index contributed by atoms with van der Waals surface area (Å²) in [7, 11) is 1.65. The van der Waals surface area contributed by atoms with Crippen molar-refractivity contribution in [3.05, 3.63) is 88.7 Å². The molecule has 5 nitrogen and oxygen atoms in total. The third-order valence-corrected chi connectivity index (χ3v) is 5.26. The molecule has 0 aliphatic rings. The highest BCUT2D eigenvalue weighted by Crippen LogP contribution is 2.28. The molecule has 0 saturated carbocycles. The van der Waals surface area contributed by atoms with Crippen LogP contribution in [0.2, 0.25) is 0 Å². The summed E-state index contributed by atoms with van der Waals surface area (Å²) >= 11 is 3.47. The number of methoxy groups -OCH3 is 1. The van der Waals surface area contributed by atoms with Crippen LogP contribution in [0.1, 0.15) is 11.1 Å². The van der Waals surface area contributed by atoms with Gasteiger partial charge in [-0.05, 0) is 61.0 Å². The summed E-state index contributed by atoms with van der Waals surface area (Å²) < 4.78 is 12.5. The Bertz CT molecular complexity index is 1120. The zero-order valence-corrected chi connectivity index (χ0v) is 18.2. The first-order chi connectivity index (χ1) is 14.7.